The third-order valence-corrected chi connectivity index (χ3v) is 2.99. The van der Waals surface area contributed by atoms with Gasteiger partial charge in [-0.05, 0) is 24.0 Å². The highest BCUT2D eigenvalue weighted by Gasteiger charge is 2.19. The van der Waals surface area contributed by atoms with Crippen LogP contribution in [0.4, 0.5) is 0 Å². The molecule has 0 fully saturated rings. The van der Waals surface area contributed by atoms with Gasteiger partial charge in [0.2, 0.25) is 5.78 Å². The highest BCUT2D eigenvalue weighted by Crippen LogP contribution is 2.27. The number of thioether (sulfide) groups is 1. The van der Waals surface area contributed by atoms with Crippen LogP contribution in [0.25, 0.3) is 6.08 Å². The third kappa shape index (κ3) is 1.30. The summed E-state index contributed by atoms with van der Waals surface area (Å²) in [6.45, 7) is 0. The van der Waals surface area contributed by atoms with Crippen LogP contribution in [0, 0.1) is 5.41 Å². The fourth-order valence-electron chi connectivity index (χ4n) is 1.48. The van der Waals surface area contributed by atoms with Gasteiger partial charge in [0.15, 0.2) is 0 Å². The lowest BCUT2D eigenvalue weighted by Crippen LogP contribution is -2.15. The van der Waals surface area contributed by atoms with Gasteiger partial charge in [-0.3, -0.25) is 10.2 Å². The van der Waals surface area contributed by atoms with Crippen LogP contribution in [-0.4, -0.2) is 17.8 Å². The monoisotopic (exact) mass is 203 g/mol. The Labute approximate surface area is 86.5 Å². The molecule has 0 aliphatic heterocycles. The van der Waals surface area contributed by atoms with E-state index in [1.165, 1.54) is 0 Å². The standard InChI is InChI=1S/C11H9NOS/c1-14-10-4-2-3-8-7(10)5-6-9(12)11(8)13/h2-6,12H,1H3. The van der Waals surface area contributed by atoms with Crippen LogP contribution >= 0.6 is 11.8 Å². The highest BCUT2D eigenvalue weighted by atomic mass is 32.2. The molecule has 0 atom stereocenters. The summed E-state index contributed by atoms with van der Waals surface area (Å²) < 4.78 is 0. The molecule has 0 heterocycles. The Morgan fingerprint density at radius 1 is 1.29 bits per heavy atom. The predicted molar refractivity (Wildman–Crippen MR) is 59.3 cm³/mol. The van der Waals surface area contributed by atoms with Crippen molar-refractivity contribution in [1.29, 1.82) is 5.41 Å². The summed E-state index contributed by atoms with van der Waals surface area (Å²) in [6, 6.07) is 5.61. The molecule has 2 nitrogen and oxygen atoms in total. The summed E-state index contributed by atoms with van der Waals surface area (Å²) in [5, 5.41) is 7.41. The maximum absolute atomic E-state index is 11.6. The molecule has 1 aliphatic rings. The number of nitrogens with one attached hydrogen (secondary N) is 1. The number of hydrogen-bond donors (Lipinski definition) is 1. The lowest BCUT2D eigenvalue weighted by atomic mass is 9.95. The van der Waals surface area contributed by atoms with Crippen molar-refractivity contribution in [2.24, 2.45) is 0 Å². The van der Waals surface area contributed by atoms with Crippen molar-refractivity contribution in [3.05, 3.63) is 35.4 Å². The Kier molecular flexibility index (Phi) is 2.25. The van der Waals surface area contributed by atoms with E-state index in [4.69, 9.17) is 5.41 Å². The van der Waals surface area contributed by atoms with Gasteiger partial charge in [0.05, 0.1) is 0 Å². The summed E-state index contributed by atoms with van der Waals surface area (Å²) in [6.07, 6.45) is 5.38. The second-order valence-electron chi connectivity index (χ2n) is 3.00. The number of carbonyl (C=O) groups excluding carboxylic acids is 1. The van der Waals surface area contributed by atoms with Gasteiger partial charge in [0, 0.05) is 10.5 Å². The van der Waals surface area contributed by atoms with Crippen molar-refractivity contribution >= 4 is 29.3 Å². The summed E-state index contributed by atoms with van der Waals surface area (Å²) in [5.74, 6) is -0.182. The normalized spacial score (nSPS) is 14.4. The summed E-state index contributed by atoms with van der Waals surface area (Å²) in [5.41, 5.74) is 1.65. The first-order valence-electron chi connectivity index (χ1n) is 4.22. The molecule has 0 radical (unpaired) electrons. The van der Waals surface area contributed by atoms with E-state index in [2.05, 4.69) is 0 Å². The summed E-state index contributed by atoms with van der Waals surface area (Å²) in [7, 11) is 0. The largest absolute Gasteiger partial charge is 0.297 e. The lowest BCUT2D eigenvalue weighted by Gasteiger charge is -2.12. The van der Waals surface area contributed by atoms with E-state index in [0.29, 0.717) is 5.56 Å². The molecule has 0 spiro atoms. The zero-order valence-corrected chi connectivity index (χ0v) is 8.52. The molecule has 1 aromatic carbocycles. The van der Waals surface area contributed by atoms with Gasteiger partial charge >= 0.3 is 0 Å². The number of hydrogen-bond acceptors (Lipinski definition) is 3. The summed E-state index contributed by atoms with van der Waals surface area (Å²) in [4.78, 5) is 12.7. The van der Waals surface area contributed by atoms with Gasteiger partial charge in [-0.2, -0.15) is 0 Å². The first kappa shape index (κ1) is 9.21. The fraction of sp³-hybridized carbons (Fsp3) is 0.0909. The van der Waals surface area contributed by atoms with Crippen molar-refractivity contribution in [1.82, 2.24) is 0 Å². The van der Waals surface area contributed by atoms with Crippen LogP contribution in [0.2, 0.25) is 0 Å². The highest BCUT2D eigenvalue weighted by molar-refractivity contribution is 7.98. The molecular formula is C11H9NOS. The number of benzene rings is 1. The van der Waals surface area contributed by atoms with Crippen LogP contribution in [0.5, 0.6) is 0 Å². The number of rotatable bonds is 1. The smallest absolute Gasteiger partial charge is 0.211 e. The Morgan fingerprint density at radius 3 is 2.79 bits per heavy atom. The zero-order chi connectivity index (χ0) is 10.1. The molecule has 0 saturated carbocycles. The second-order valence-corrected chi connectivity index (χ2v) is 3.85. The van der Waals surface area contributed by atoms with Crippen LogP contribution in [-0.2, 0) is 0 Å². The minimum atomic E-state index is -0.182. The first-order valence-corrected chi connectivity index (χ1v) is 5.45. The first-order chi connectivity index (χ1) is 6.74. The summed E-state index contributed by atoms with van der Waals surface area (Å²) >= 11 is 1.61. The van der Waals surface area contributed by atoms with E-state index in [1.54, 1.807) is 23.9 Å². The molecular weight excluding hydrogens is 194 g/mol. The molecule has 70 valence electrons. The molecule has 3 heteroatoms. The number of allylic oxidation sites excluding steroid dienone is 1. The molecule has 1 N–H and O–H groups in total. The molecule has 0 unspecified atom stereocenters. The SMILES string of the molecule is CSc1cccc2c1C=CC(=N)C2=O. The van der Waals surface area contributed by atoms with Gasteiger partial charge < -0.3 is 0 Å². The Bertz CT molecular complexity index is 449. The molecule has 2 rings (SSSR count). The van der Waals surface area contributed by atoms with Crippen molar-refractivity contribution < 1.29 is 4.79 Å². The molecule has 0 saturated heterocycles. The van der Waals surface area contributed by atoms with Gasteiger partial charge in [-0.15, -0.1) is 11.8 Å². The Hall–Kier alpha value is -1.35. The van der Waals surface area contributed by atoms with Crippen molar-refractivity contribution in [2.45, 2.75) is 4.90 Å². The topological polar surface area (TPSA) is 40.9 Å². The quantitative estimate of drug-likeness (QED) is 0.713. The number of carbonyl (C=O) groups is 1. The van der Waals surface area contributed by atoms with E-state index in [1.807, 2.05) is 24.5 Å². The average Bonchev–Trinajstić information content (AvgIpc) is 2.23. The second kappa shape index (κ2) is 3.42. The number of ketones is 1. The van der Waals surface area contributed by atoms with Crippen molar-refractivity contribution in [3.63, 3.8) is 0 Å². The van der Waals surface area contributed by atoms with E-state index in [0.717, 1.165) is 10.5 Å². The van der Waals surface area contributed by atoms with Crippen LogP contribution < -0.4 is 0 Å². The molecule has 0 bridgehead atoms. The minimum absolute atomic E-state index is 0.0655. The van der Waals surface area contributed by atoms with Crippen molar-refractivity contribution in [2.75, 3.05) is 6.26 Å². The van der Waals surface area contributed by atoms with Crippen LogP contribution in [0.15, 0.2) is 29.2 Å². The average molecular weight is 203 g/mol. The maximum atomic E-state index is 11.6. The lowest BCUT2D eigenvalue weighted by molar-refractivity contribution is 0.106. The maximum Gasteiger partial charge on any atom is 0.211 e. The third-order valence-electron chi connectivity index (χ3n) is 2.19. The molecule has 1 aromatic rings. The predicted octanol–water partition coefficient (Wildman–Crippen LogP) is 2.64. The van der Waals surface area contributed by atoms with E-state index < -0.39 is 0 Å². The van der Waals surface area contributed by atoms with Gasteiger partial charge in [-0.25, -0.2) is 0 Å². The fourth-order valence-corrected chi connectivity index (χ4v) is 2.09. The zero-order valence-electron chi connectivity index (χ0n) is 7.70. The van der Waals surface area contributed by atoms with Gasteiger partial charge in [0.1, 0.15) is 5.71 Å². The van der Waals surface area contributed by atoms with E-state index in [-0.39, 0.29) is 11.5 Å². The number of fused-ring (bicyclic) bond motifs is 1. The van der Waals surface area contributed by atoms with E-state index >= 15 is 0 Å². The molecule has 1 aliphatic carbocycles. The van der Waals surface area contributed by atoms with Crippen LogP contribution in [0.3, 0.4) is 0 Å². The van der Waals surface area contributed by atoms with Gasteiger partial charge in [-0.1, -0.05) is 18.2 Å². The minimum Gasteiger partial charge on any atom is -0.297 e. The Balaban J connectivity index is 2.67. The van der Waals surface area contributed by atoms with Crippen molar-refractivity contribution in [3.8, 4) is 0 Å². The van der Waals surface area contributed by atoms with E-state index in [9.17, 15) is 4.79 Å². The van der Waals surface area contributed by atoms with Crippen LogP contribution in [0.1, 0.15) is 15.9 Å². The molecule has 14 heavy (non-hydrogen) atoms. The number of Topliss-reactive ketones (excluding diaryl/α,β-unsaturated/α-hetero) is 1. The molecule has 0 aromatic heterocycles. The van der Waals surface area contributed by atoms with Gasteiger partial charge in [0.25, 0.3) is 0 Å². The molecule has 0 amide bonds. The Morgan fingerprint density at radius 2 is 2.07 bits per heavy atom.